The SMILES string of the molecule is CC[C@H](C)[C@H](N=C1NS(=O)(=O)c2ccccc21)C(=O)N1C[C@H](C)C[C@H](C)C1. The molecule has 27 heavy (non-hydrogen) atoms. The molecular weight excluding hydrogens is 362 g/mol. The molecule has 0 unspecified atom stereocenters. The fourth-order valence-electron chi connectivity index (χ4n) is 4.05. The molecule has 6 nitrogen and oxygen atoms in total. The molecule has 1 amide bonds. The molecule has 148 valence electrons. The van der Waals surface area contributed by atoms with Crippen molar-refractivity contribution >= 4 is 21.8 Å². The quantitative estimate of drug-likeness (QED) is 0.857. The van der Waals surface area contributed by atoms with Crippen molar-refractivity contribution in [2.24, 2.45) is 22.7 Å². The number of nitrogens with one attached hydrogen (secondary N) is 1. The number of aliphatic imine (C=N–C) groups is 1. The second-order valence-corrected chi connectivity index (χ2v) is 9.75. The Bertz CT molecular complexity index is 840. The van der Waals surface area contributed by atoms with Crippen LogP contribution in [-0.2, 0) is 14.8 Å². The molecule has 1 aromatic rings. The zero-order valence-corrected chi connectivity index (χ0v) is 17.3. The maximum Gasteiger partial charge on any atom is 0.263 e. The number of rotatable bonds is 4. The molecule has 0 radical (unpaired) electrons. The third kappa shape index (κ3) is 4.03. The standard InChI is InChI=1S/C20H29N3O3S/c1-5-15(4)18(20(24)23-11-13(2)10-14(3)12-23)21-19-16-8-6-7-9-17(16)27(25,26)22-19/h6-9,13-15,18H,5,10-12H2,1-4H3,(H,21,22)/t13-,14+,15-,18-/m0/s1. The average molecular weight is 392 g/mol. The summed E-state index contributed by atoms with van der Waals surface area (Å²) in [6.45, 7) is 9.84. The molecule has 0 aromatic heterocycles. The van der Waals surface area contributed by atoms with Crippen LogP contribution in [0.2, 0.25) is 0 Å². The van der Waals surface area contributed by atoms with Gasteiger partial charge >= 0.3 is 0 Å². The Hall–Kier alpha value is -1.89. The van der Waals surface area contributed by atoms with E-state index < -0.39 is 16.1 Å². The Labute approximate surface area is 162 Å². The van der Waals surface area contributed by atoms with Gasteiger partial charge in [0.25, 0.3) is 10.0 Å². The van der Waals surface area contributed by atoms with Crippen LogP contribution in [0.25, 0.3) is 0 Å². The van der Waals surface area contributed by atoms with Crippen molar-refractivity contribution in [2.45, 2.75) is 51.5 Å². The Kier molecular flexibility index (Phi) is 5.60. The zero-order chi connectivity index (χ0) is 19.8. The van der Waals surface area contributed by atoms with Gasteiger partial charge in [-0.3, -0.25) is 14.5 Å². The summed E-state index contributed by atoms with van der Waals surface area (Å²) >= 11 is 0. The molecule has 1 aromatic carbocycles. The summed E-state index contributed by atoms with van der Waals surface area (Å²) in [6, 6.07) is 6.18. The summed E-state index contributed by atoms with van der Waals surface area (Å²) in [7, 11) is -3.61. The summed E-state index contributed by atoms with van der Waals surface area (Å²) in [5.41, 5.74) is 0.541. The molecule has 4 atom stereocenters. The molecule has 0 saturated carbocycles. The highest BCUT2D eigenvalue weighted by molar-refractivity contribution is 7.90. The maximum atomic E-state index is 13.3. The highest BCUT2D eigenvalue weighted by Gasteiger charge is 2.36. The molecule has 1 saturated heterocycles. The van der Waals surface area contributed by atoms with E-state index in [4.69, 9.17) is 0 Å². The van der Waals surface area contributed by atoms with Gasteiger partial charge < -0.3 is 4.90 Å². The van der Waals surface area contributed by atoms with Gasteiger partial charge in [0.2, 0.25) is 5.91 Å². The van der Waals surface area contributed by atoms with E-state index >= 15 is 0 Å². The van der Waals surface area contributed by atoms with Gasteiger partial charge in [-0.25, -0.2) is 8.42 Å². The lowest BCUT2D eigenvalue weighted by Gasteiger charge is -2.37. The van der Waals surface area contributed by atoms with Crippen molar-refractivity contribution in [3.63, 3.8) is 0 Å². The van der Waals surface area contributed by atoms with Gasteiger partial charge in [-0.2, -0.15) is 0 Å². The van der Waals surface area contributed by atoms with Crippen molar-refractivity contribution < 1.29 is 13.2 Å². The molecule has 2 heterocycles. The van der Waals surface area contributed by atoms with Gasteiger partial charge in [0, 0.05) is 18.7 Å². The minimum atomic E-state index is -3.61. The average Bonchev–Trinajstić information content (AvgIpc) is 2.88. The fourth-order valence-corrected chi connectivity index (χ4v) is 5.29. The monoisotopic (exact) mass is 391 g/mol. The fraction of sp³-hybridized carbons (Fsp3) is 0.600. The van der Waals surface area contributed by atoms with E-state index in [-0.39, 0.29) is 22.6 Å². The summed E-state index contributed by atoms with van der Waals surface area (Å²) in [5.74, 6) is 1.23. The Morgan fingerprint density at radius 1 is 1.26 bits per heavy atom. The number of amides is 1. The lowest BCUT2D eigenvalue weighted by molar-refractivity contribution is -0.136. The molecule has 0 aliphatic carbocycles. The van der Waals surface area contributed by atoms with Crippen LogP contribution in [0.3, 0.4) is 0 Å². The van der Waals surface area contributed by atoms with Crippen LogP contribution in [-0.4, -0.2) is 44.2 Å². The molecule has 1 fully saturated rings. The van der Waals surface area contributed by atoms with Crippen LogP contribution >= 0.6 is 0 Å². The number of amidine groups is 1. The first kappa shape index (κ1) is 19.9. The number of likely N-dealkylation sites (tertiary alicyclic amines) is 1. The van der Waals surface area contributed by atoms with Crippen molar-refractivity contribution in [3.05, 3.63) is 29.8 Å². The topological polar surface area (TPSA) is 78.8 Å². The number of benzene rings is 1. The summed E-state index contributed by atoms with van der Waals surface area (Å²) in [4.78, 5) is 20.1. The van der Waals surface area contributed by atoms with Gasteiger partial charge in [-0.1, -0.05) is 46.2 Å². The van der Waals surface area contributed by atoms with Crippen LogP contribution in [0.4, 0.5) is 0 Å². The first-order valence-corrected chi connectivity index (χ1v) is 11.2. The smallest absolute Gasteiger partial charge is 0.263 e. The normalized spacial score (nSPS) is 27.7. The Morgan fingerprint density at radius 3 is 2.52 bits per heavy atom. The van der Waals surface area contributed by atoms with E-state index in [1.165, 1.54) is 0 Å². The zero-order valence-electron chi connectivity index (χ0n) is 16.5. The predicted octanol–water partition coefficient (Wildman–Crippen LogP) is 2.64. The number of carbonyl (C=O) groups excluding carboxylic acids is 1. The third-order valence-electron chi connectivity index (χ3n) is 5.55. The van der Waals surface area contributed by atoms with Crippen LogP contribution in [0.5, 0.6) is 0 Å². The molecule has 0 bridgehead atoms. The minimum Gasteiger partial charge on any atom is -0.340 e. The van der Waals surface area contributed by atoms with Crippen LogP contribution < -0.4 is 4.72 Å². The predicted molar refractivity (Wildman–Crippen MR) is 106 cm³/mol. The number of carbonyl (C=O) groups is 1. The third-order valence-corrected chi connectivity index (χ3v) is 6.94. The van der Waals surface area contributed by atoms with Crippen molar-refractivity contribution in [3.8, 4) is 0 Å². The van der Waals surface area contributed by atoms with E-state index in [0.717, 1.165) is 25.9 Å². The minimum absolute atomic E-state index is 0.00108. The van der Waals surface area contributed by atoms with Crippen LogP contribution in [0.1, 0.15) is 46.1 Å². The van der Waals surface area contributed by atoms with Gasteiger partial charge in [0.1, 0.15) is 11.9 Å². The second kappa shape index (κ2) is 7.62. The first-order chi connectivity index (χ1) is 12.7. The lowest BCUT2D eigenvalue weighted by atomic mass is 9.90. The molecule has 2 aliphatic rings. The number of piperidine rings is 1. The largest absolute Gasteiger partial charge is 0.340 e. The van der Waals surface area contributed by atoms with Crippen molar-refractivity contribution in [1.82, 2.24) is 9.62 Å². The molecule has 2 aliphatic heterocycles. The van der Waals surface area contributed by atoms with Crippen LogP contribution in [0.15, 0.2) is 34.2 Å². The Morgan fingerprint density at radius 2 is 1.89 bits per heavy atom. The molecule has 0 spiro atoms. The summed E-state index contributed by atoms with van der Waals surface area (Å²) in [6.07, 6.45) is 1.92. The van der Waals surface area contributed by atoms with Gasteiger partial charge in [0.15, 0.2) is 0 Å². The first-order valence-electron chi connectivity index (χ1n) is 9.71. The van der Waals surface area contributed by atoms with Gasteiger partial charge in [0.05, 0.1) is 4.90 Å². The summed E-state index contributed by atoms with van der Waals surface area (Å²) < 4.78 is 27.2. The van der Waals surface area contributed by atoms with Crippen molar-refractivity contribution in [2.75, 3.05) is 13.1 Å². The number of hydrogen-bond donors (Lipinski definition) is 1. The van der Waals surface area contributed by atoms with E-state index in [1.54, 1.807) is 24.3 Å². The van der Waals surface area contributed by atoms with E-state index in [9.17, 15) is 13.2 Å². The van der Waals surface area contributed by atoms with Crippen molar-refractivity contribution in [1.29, 1.82) is 0 Å². The molecular formula is C20H29N3O3S. The van der Waals surface area contributed by atoms with E-state index in [0.29, 0.717) is 17.4 Å². The molecule has 1 N–H and O–H groups in total. The molecule has 7 heteroatoms. The number of nitrogens with zero attached hydrogens (tertiary/aromatic N) is 2. The van der Waals surface area contributed by atoms with Gasteiger partial charge in [-0.05, 0) is 36.3 Å². The van der Waals surface area contributed by atoms with Gasteiger partial charge in [-0.15, -0.1) is 0 Å². The van der Waals surface area contributed by atoms with E-state index in [1.807, 2.05) is 18.7 Å². The Balaban J connectivity index is 1.95. The molecule has 3 rings (SSSR count). The lowest BCUT2D eigenvalue weighted by Crippen LogP contribution is -2.48. The second-order valence-electron chi connectivity index (χ2n) is 8.10. The highest BCUT2D eigenvalue weighted by Crippen LogP contribution is 2.26. The number of fused-ring (bicyclic) bond motifs is 1. The number of hydrogen-bond acceptors (Lipinski definition) is 4. The number of sulfonamides is 1. The summed E-state index contributed by atoms with van der Waals surface area (Å²) in [5, 5.41) is 0. The maximum absolute atomic E-state index is 13.3. The highest BCUT2D eigenvalue weighted by atomic mass is 32.2. The van der Waals surface area contributed by atoms with Crippen LogP contribution in [0, 0.1) is 17.8 Å². The van der Waals surface area contributed by atoms with E-state index in [2.05, 4.69) is 23.6 Å².